The van der Waals surface area contributed by atoms with E-state index in [9.17, 15) is 4.39 Å². The molecule has 1 rings (SSSR count). The summed E-state index contributed by atoms with van der Waals surface area (Å²) in [6.07, 6.45) is 14.6. The van der Waals surface area contributed by atoms with Gasteiger partial charge in [0, 0.05) is 18.8 Å². The molecule has 0 spiro atoms. The van der Waals surface area contributed by atoms with Crippen molar-refractivity contribution in [1.82, 2.24) is 4.90 Å². The summed E-state index contributed by atoms with van der Waals surface area (Å²) in [4.78, 5) is 2.32. The molecule has 104 valence electrons. The Hall–Kier alpha value is -1.74. The van der Waals surface area contributed by atoms with Crippen LogP contribution in [0.25, 0.3) is 0 Å². The molecule has 0 aromatic rings. The maximum absolute atomic E-state index is 13.3. The van der Waals surface area contributed by atoms with Gasteiger partial charge in [-0.05, 0) is 44.3 Å². The summed E-state index contributed by atoms with van der Waals surface area (Å²) in [7, 11) is 0. The Bertz CT molecular complexity index is 375. The highest BCUT2D eigenvalue weighted by molar-refractivity contribution is 5.28. The van der Waals surface area contributed by atoms with Crippen molar-refractivity contribution in [1.29, 1.82) is 5.26 Å². The minimum absolute atomic E-state index is 0.152. The van der Waals surface area contributed by atoms with Crippen LogP contribution in [0.15, 0.2) is 23.2 Å². The second-order valence-corrected chi connectivity index (χ2v) is 4.43. The van der Waals surface area contributed by atoms with Crippen molar-refractivity contribution >= 4 is 0 Å². The van der Waals surface area contributed by atoms with Gasteiger partial charge < -0.3 is 4.90 Å². The van der Waals surface area contributed by atoms with E-state index >= 15 is 0 Å². The Morgan fingerprint density at radius 1 is 1.32 bits per heavy atom. The first kappa shape index (κ1) is 17.3. The van der Waals surface area contributed by atoms with Crippen LogP contribution in [0, 0.1) is 24.2 Å². The van der Waals surface area contributed by atoms with Crippen LogP contribution in [0.4, 0.5) is 4.39 Å². The number of terminal acetylenes is 1. The Morgan fingerprint density at radius 3 is 2.32 bits per heavy atom. The van der Waals surface area contributed by atoms with Gasteiger partial charge in [-0.15, -0.1) is 12.8 Å². The summed E-state index contributed by atoms with van der Waals surface area (Å²) >= 11 is 0. The van der Waals surface area contributed by atoms with Crippen molar-refractivity contribution in [3.8, 4) is 18.9 Å². The number of nitrogens with zero attached hydrogens (tertiary/aromatic N) is 2. The lowest BCUT2D eigenvalue weighted by molar-refractivity contribution is 0.278. The van der Waals surface area contributed by atoms with E-state index in [4.69, 9.17) is 5.26 Å². The summed E-state index contributed by atoms with van der Waals surface area (Å²) in [5.41, 5.74) is 1.68. The molecular weight excluding hydrogens is 239 g/mol. The predicted molar refractivity (Wildman–Crippen MR) is 77.7 cm³/mol. The molecule has 1 aliphatic rings. The van der Waals surface area contributed by atoms with Gasteiger partial charge in [-0.2, -0.15) is 5.26 Å². The molecule has 1 saturated heterocycles. The summed E-state index contributed by atoms with van der Waals surface area (Å²) in [5.74, 6) is -0.241. The van der Waals surface area contributed by atoms with Gasteiger partial charge in [0.1, 0.15) is 5.83 Å². The number of halogens is 1. The van der Waals surface area contributed by atoms with Crippen molar-refractivity contribution in [2.75, 3.05) is 13.1 Å². The van der Waals surface area contributed by atoms with Gasteiger partial charge in [0.25, 0.3) is 0 Å². The van der Waals surface area contributed by atoms with E-state index in [-0.39, 0.29) is 12.2 Å². The molecule has 1 aliphatic heterocycles. The summed E-state index contributed by atoms with van der Waals surface area (Å²) < 4.78 is 13.3. The monoisotopic (exact) mass is 262 g/mol. The summed E-state index contributed by atoms with van der Waals surface area (Å²) in [5, 5.41) is 8.69. The van der Waals surface area contributed by atoms with Crippen LogP contribution in [-0.4, -0.2) is 18.0 Å². The second-order valence-electron chi connectivity index (χ2n) is 4.43. The van der Waals surface area contributed by atoms with E-state index in [0.717, 1.165) is 25.2 Å². The van der Waals surface area contributed by atoms with Crippen LogP contribution in [0.5, 0.6) is 0 Å². The molecule has 0 aromatic heterocycles. The van der Waals surface area contributed by atoms with Crippen molar-refractivity contribution in [2.45, 2.75) is 46.0 Å². The minimum Gasteiger partial charge on any atom is -0.375 e. The summed E-state index contributed by atoms with van der Waals surface area (Å²) in [6.45, 7) is 5.63. The van der Waals surface area contributed by atoms with E-state index in [1.165, 1.54) is 26.2 Å². The van der Waals surface area contributed by atoms with Gasteiger partial charge in [-0.25, -0.2) is 4.39 Å². The van der Waals surface area contributed by atoms with Crippen LogP contribution in [0.2, 0.25) is 0 Å². The molecule has 0 unspecified atom stereocenters. The van der Waals surface area contributed by atoms with E-state index in [1.807, 2.05) is 12.1 Å². The molecule has 0 radical (unpaired) electrons. The normalized spacial score (nSPS) is 16.8. The average molecular weight is 262 g/mol. The van der Waals surface area contributed by atoms with E-state index < -0.39 is 0 Å². The zero-order valence-corrected chi connectivity index (χ0v) is 12.0. The lowest BCUT2D eigenvalue weighted by Gasteiger charge is -2.31. The number of hydrogen-bond donors (Lipinski definition) is 0. The SMILES string of the molecule is C#C.CC/C(=C\C(CC#N)=C(/C)F)N1CCCCC1. The first-order valence-corrected chi connectivity index (χ1v) is 6.70. The highest BCUT2D eigenvalue weighted by Gasteiger charge is 2.13. The highest BCUT2D eigenvalue weighted by atomic mass is 19.1. The Morgan fingerprint density at radius 2 is 1.89 bits per heavy atom. The maximum Gasteiger partial charge on any atom is 0.101 e. The largest absolute Gasteiger partial charge is 0.375 e. The third-order valence-electron chi connectivity index (χ3n) is 3.18. The van der Waals surface area contributed by atoms with Gasteiger partial charge in [-0.1, -0.05) is 6.92 Å². The molecule has 0 amide bonds. The maximum atomic E-state index is 13.3. The van der Waals surface area contributed by atoms with Crippen LogP contribution in [0.1, 0.15) is 46.0 Å². The molecule has 0 N–H and O–H groups in total. The molecule has 1 fully saturated rings. The van der Waals surface area contributed by atoms with Crippen molar-refractivity contribution < 1.29 is 4.39 Å². The number of allylic oxidation sites excluding steroid dienone is 4. The minimum atomic E-state index is -0.241. The lowest BCUT2D eigenvalue weighted by atomic mass is 10.1. The fourth-order valence-corrected chi connectivity index (χ4v) is 2.16. The van der Waals surface area contributed by atoms with Crippen LogP contribution < -0.4 is 0 Å². The Labute approximate surface area is 116 Å². The van der Waals surface area contributed by atoms with Gasteiger partial charge in [0.05, 0.1) is 12.5 Å². The smallest absolute Gasteiger partial charge is 0.101 e. The Kier molecular flexibility index (Phi) is 9.27. The first-order chi connectivity index (χ1) is 9.19. The van der Waals surface area contributed by atoms with Crippen LogP contribution >= 0.6 is 0 Å². The molecule has 0 atom stereocenters. The average Bonchev–Trinajstić information content (AvgIpc) is 2.46. The second kappa shape index (κ2) is 10.2. The third-order valence-corrected chi connectivity index (χ3v) is 3.18. The Balaban J connectivity index is 0.00000154. The zero-order chi connectivity index (χ0) is 14.7. The van der Waals surface area contributed by atoms with Crippen molar-refractivity contribution in [3.63, 3.8) is 0 Å². The molecule has 0 saturated carbocycles. The zero-order valence-electron chi connectivity index (χ0n) is 12.0. The highest BCUT2D eigenvalue weighted by Crippen LogP contribution is 2.21. The van der Waals surface area contributed by atoms with E-state index in [0.29, 0.717) is 5.57 Å². The predicted octanol–water partition coefficient (Wildman–Crippen LogP) is 4.17. The van der Waals surface area contributed by atoms with Gasteiger partial charge >= 0.3 is 0 Å². The first-order valence-electron chi connectivity index (χ1n) is 6.70. The molecule has 0 aliphatic carbocycles. The van der Waals surface area contributed by atoms with Crippen molar-refractivity contribution in [3.05, 3.63) is 23.2 Å². The van der Waals surface area contributed by atoms with Crippen molar-refractivity contribution in [2.24, 2.45) is 0 Å². The molecule has 1 heterocycles. The lowest BCUT2D eigenvalue weighted by Crippen LogP contribution is -2.28. The molecule has 0 aromatic carbocycles. The number of piperidine rings is 1. The number of hydrogen-bond acceptors (Lipinski definition) is 2. The topological polar surface area (TPSA) is 27.0 Å². The molecule has 0 bridgehead atoms. The molecule has 2 nitrogen and oxygen atoms in total. The number of nitriles is 1. The van der Waals surface area contributed by atoms with Crippen LogP contribution in [0.3, 0.4) is 0 Å². The van der Waals surface area contributed by atoms with Crippen LogP contribution in [-0.2, 0) is 0 Å². The number of rotatable bonds is 4. The fourth-order valence-electron chi connectivity index (χ4n) is 2.16. The third kappa shape index (κ3) is 6.11. The molecular formula is C16H23FN2. The standard InChI is InChI=1S/C14H21FN2.C2H2/c1-3-14(17-9-5-4-6-10-17)11-13(7-8-16)12(2)15;1-2/h11H,3-7,9-10H2,1-2H3;1-2H/b13-12+,14-11+;. The summed E-state index contributed by atoms with van der Waals surface area (Å²) in [6, 6.07) is 2.02. The van der Waals surface area contributed by atoms with E-state index in [2.05, 4.69) is 24.7 Å². The van der Waals surface area contributed by atoms with Gasteiger partial charge in [-0.3, -0.25) is 0 Å². The van der Waals surface area contributed by atoms with Gasteiger partial charge in [0.15, 0.2) is 0 Å². The molecule has 19 heavy (non-hydrogen) atoms. The van der Waals surface area contributed by atoms with Gasteiger partial charge in [0.2, 0.25) is 0 Å². The van der Waals surface area contributed by atoms with E-state index in [1.54, 1.807) is 0 Å². The number of likely N-dealkylation sites (tertiary alicyclic amines) is 1. The fraction of sp³-hybridized carbons (Fsp3) is 0.562. The molecule has 3 heteroatoms. The quantitative estimate of drug-likeness (QED) is 0.561.